The Morgan fingerprint density at radius 2 is 2.00 bits per heavy atom. The molecule has 0 bridgehead atoms. The number of aryl methyl sites for hydroxylation is 1. The van der Waals surface area contributed by atoms with Crippen LogP contribution in [-0.2, 0) is 10.9 Å². The molecule has 1 aliphatic heterocycles. The van der Waals surface area contributed by atoms with E-state index in [-0.39, 0.29) is 17.2 Å². The first-order chi connectivity index (χ1) is 11.4. The summed E-state index contributed by atoms with van der Waals surface area (Å²) >= 11 is 0.528. The molecule has 1 N–H and O–H groups in total. The summed E-state index contributed by atoms with van der Waals surface area (Å²) in [5.41, 5.74) is 2.28. The Hall–Kier alpha value is -1.67. The summed E-state index contributed by atoms with van der Waals surface area (Å²) in [6.07, 6.45) is -2.60. The molecule has 1 aromatic heterocycles. The van der Waals surface area contributed by atoms with Gasteiger partial charge in [-0.25, -0.2) is 0 Å². The van der Waals surface area contributed by atoms with Crippen molar-refractivity contribution in [2.75, 3.05) is 18.5 Å². The predicted octanol–water partition coefficient (Wildman–Crippen LogP) is 4.45. The summed E-state index contributed by atoms with van der Waals surface area (Å²) in [5, 5.41) is 9.00. The number of hydrogen-bond donors (Lipinski definition) is 1. The van der Waals surface area contributed by atoms with E-state index in [0.717, 1.165) is 18.4 Å². The minimum absolute atomic E-state index is 0.0538. The first-order valence-corrected chi connectivity index (χ1v) is 8.58. The van der Waals surface area contributed by atoms with Gasteiger partial charge in [-0.2, -0.15) is 13.2 Å². The largest absolute Gasteiger partial charge is 0.445 e. The second kappa shape index (κ2) is 7.06. The molecule has 0 amide bonds. The summed E-state index contributed by atoms with van der Waals surface area (Å²) in [4.78, 5) is 0. The van der Waals surface area contributed by atoms with Crippen molar-refractivity contribution >= 4 is 16.5 Å². The maximum atomic E-state index is 12.6. The number of hydrogen-bond acceptors (Lipinski definition) is 5. The van der Waals surface area contributed by atoms with Crippen molar-refractivity contribution < 1.29 is 17.9 Å². The van der Waals surface area contributed by atoms with Crippen LogP contribution in [0, 0.1) is 12.8 Å². The van der Waals surface area contributed by atoms with Crippen LogP contribution in [-0.4, -0.2) is 23.3 Å². The summed E-state index contributed by atoms with van der Waals surface area (Å²) in [7, 11) is 0. The van der Waals surface area contributed by atoms with E-state index in [1.54, 1.807) is 0 Å². The number of alkyl halides is 3. The highest BCUT2D eigenvalue weighted by Crippen LogP contribution is 2.36. The highest BCUT2D eigenvalue weighted by Gasteiger charge is 2.36. The Morgan fingerprint density at radius 1 is 1.25 bits per heavy atom. The van der Waals surface area contributed by atoms with Gasteiger partial charge in [-0.05, 0) is 25.3 Å². The van der Waals surface area contributed by atoms with Crippen molar-refractivity contribution in [1.29, 1.82) is 0 Å². The lowest BCUT2D eigenvalue weighted by Gasteiger charge is -2.32. The fourth-order valence-corrected chi connectivity index (χ4v) is 3.42. The van der Waals surface area contributed by atoms with Gasteiger partial charge in [0, 0.05) is 19.1 Å². The maximum Gasteiger partial charge on any atom is 0.445 e. The molecule has 1 aliphatic rings. The molecule has 130 valence electrons. The number of ether oxygens (including phenoxy) is 1. The van der Waals surface area contributed by atoms with Crippen LogP contribution < -0.4 is 5.32 Å². The minimum atomic E-state index is -4.45. The molecule has 1 aromatic carbocycles. The van der Waals surface area contributed by atoms with E-state index in [2.05, 4.69) is 15.5 Å². The molecule has 0 radical (unpaired) electrons. The highest BCUT2D eigenvalue weighted by atomic mass is 32.1. The van der Waals surface area contributed by atoms with Crippen LogP contribution in [0.3, 0.4) is 0 Å². The van der Waals surface area contributed by atoms with Crippen LogP contribution in [0.5, 0.6) is 0 Å². The van der Waals surface area contributed by atoms with Crippen molar-refractivity contribution in [3.8, 4) is 0 Å². The SMILES string of the molecule is Cc1ccc(C2OCCCC2CNc2nnc(C(F)(F)F)s2)cc1. The average Bonchev–Trinajstić information content (AvgIpc) is 3.03. The Labute approximate surface area is 142 Å². The molecule has 1 saturated heterocycles. The van der Waals surface area contributed by atoms with Gasteiger partial charge in [-0.1, -0.05) is 41.2 Å². The smallest absolute Gasteiger partial charge is 0.373 e. The molecule has 2 atom stereocenters. The van der Waals surface area contributed by atoms with Crippen molar-refractivity contribution in [3.63, 3.8) is 0 Å². The Balaban J connectivity index is 1.66. The molecule has 4 nitrogen and oxygen atoms in total. The van der Waals surface area contributed by atoms with E-state index < -0.39 is 11.2 Å². The molecule has 3 rings (SSSR count). The molecule has 2 heterocycles. The number of halogens is 3. The second-order valence-corrected chi connectivity index (χ2v) is 6.87. The van der Waals surface area contributed by atoms with Gasteiger partial charge < -0.3 is 10.1 Å². The van der Waals surface area contributed by atoms with Gasteiger partial charge in [0.05, 0.1) is 6.10 Å². The van der Waals surface area contributed by atoms with E-state index in [1.165, 1.54) is 5.56 Å². The van der Waals surface area contributed by atoms with E-state index in [1.807, 2.05) is 31.2 Å². The van der Waals surface area contributed by atoms with E-state index in [4.69, 9.17) is 4.74 Å². The van der Waals surface area contributed by atoms with Gasteiger partial charge in [0.15, 0.2) is 0 Å². The molecule has 0 spiro atoms. The van der Waals surface area contributed by atoms with Crippen molar-refractivity contribution in [2.24, 2.45) is 5.92 Å². The van der Waals surface area contributed by atoms with E-state index in [9.17, 15) is 13.2 Å². The quantitative estimate of drug-likeness (QED) is 0.878. The third-order valence-corrected chi connectivity index (χ3v) is 4.96. The summed E-state index contributed by atoms with van der Waals surface area (Å²) in [6.45, 7) is 3.23. The molecule has 0 aliphatic carbocycles. The third-order valence-electron chi connectivity index (χ3n) is 4.03. The lowest BCUT2D eigenvalue weighted by molar-refractivity contribution is -0.138. The standard InChI is InChI=1S/C16H18F3N3OS/c1-10-4-6-11(7-5-10)13-12(3-2-8-23-13)9-20-15-22-21-14(24-15)16(17,18)19/h4-7,12-13H,2-3,8-9H2,1H3,(H,20,22). The first kappa shape index (κ1) is 17.2. The van der Waals surface area contributed by atoms with E-state index in [0.29, 0.717) is 24.5 Å². The molecule has 2 unspecified atom stereocenters. The van der Waals surface area contributed by atoms with Crippen LogP contribution in [0.2, 0.25) is 0 Å². The summed E-state index contributed by atoms with van der Waals surface area (Å²) < 4.78 is 43.6. The summed E-state index contributed by atoms with van der Waals surface area (Å²) in [5.74, 6) is 0.180. The fourth-order valence-electron chi connectivity index (χ4n) is 2.80. The Bertz CT molecular complexity index is 672. The number of nitrogens with zero attached hydrogens (tertiary/aromatic N) is 2. The van der Waals surface area contributed by atoms with Crippen molar-refractivity contribution in [2.45, 2.75) is 32.0 Å². The van der Waals surface area contributed by atoms with Gasteiger partial charge in [0.2, 0.25) is 10.1 Å². The molecule has 1 fully saturated rings. The minimum Gasteiger partial charge on any atom is -0.373 e. The molecular formula is C16H18F3N3OS. The zero-order valence-electron chi connectivity index (χ0n) is 13.1. The Kier molecular flexibility index (Phi) is 5.05. The average molecular weight is 357 g/mol. The predicted molar refractivity (Wildman–Crippen MR) is 86.0 cm³/mol. The lowest BCUT2D eigenvalue weighted by atomic mass is 9.89. The topological polar surface area (TPSA) is 47.0 Å². The number of anilines is 1. The van der Waals surface area contributed by atoms with Crippen molar-refractivity contribution in [3.05, 3.63) is 40.4 Å². The lowest BCUT2D eigenvalue weighted by Crippen LogP contribution is -2.28. The Morgan fingerprint density at radius 3 is 2.67 bits per heavy atom. The van der Waals surface area contributed by atoms with E-state index >= 15 is 0 Å². The molecule has 24 heavy (non-hydrogen) atoms. The number of benzene rings is 1. The number of rotatable bonds is 4. The fraction of sp³-hybridized carbons (Fsp3) is 0.500. The van der Waals surface area contributed by atoms with Gasteiger partial charge in [0.1, 0.15) is 0 Å². The maximum absolute atomic E-state index is 12.6. The monoisotopic (exact) mass is 357 g/mol. The van der Waals surface area contributed by atoms with Crippen LogP contribution in [0.15, 0.2) is 24.3 Å². The zero-order chi connectivity index (χ0) is 17.2. The zero-order valence-corrected chi connectivity index (χ0v) is 14.0. The van der Waals surface area contributed by atoms with Crippen LogP contribution in [0.4, 0.5) is 18.3 Å². The van der Waals surface area contributed by atoms with Gasteiger partial charge >= 0.3 is 6.18 Å². The second-order valence-electron chi connectivity index (χ2n) is 5.90. The van der Waals surface area contributed by atoms with Crippen LogP contribution in [0.25, 0.3) is 0 Å². The van der Waals surface area contributed by atoms with Crippen LogP contribution >= 0.6 is 11.3 Å². The normalized spacial score (nSPS) is 21.7. The summed E-state index contributed by atoms with van der Waals surface area (Å²) in [6, 6.07) is 8.17. The van der Waals surface area contributed by atoms with Crippen molar-refractivity contribution in [1.82, 2.24) is 10.2 Å². The molecule has 0 saturated carbocycles. The van der Waals surface area contributed by atoms with Gasteiger partial charge in [-0.3, -0.25) is 0 Å². The van der Waals surface area contributed by atoms with Gasteiger partial charge in [-0.15, -0.1) is 10.2 Å². The highest BCUT2D eigenvalue weighted by molar-refractivity contribution is 7.15. The van der Waals surface area contributed by atoms with Crippen LogP contribution in [0.1, 0.15) is 35.1 Å². The first-order valence-electron chi connectivity index (χ1n) is 7.76. The molecule has 8 heteroatoms. The molecular weight excluding hydrogens is 339 g/mol. The number of aromatic nitrogens is 2. The number of nitrogens with one attached hydrogen (secondary N) is 1. The molecule has 2 aromatic rings. The van der Waals surface area contributed by atoms with Gasteiger partial charge in [0.25, 0.3) is 0 Å². The third kappa shape index (κ3) is 4.05.